The number of fused-ring (bicyclic) bond motifs is 1. The van der Waals surface area contributed by atoms with Crippen LogP contribution in [0.25, 0.3) is 11.0 Å². The number of hydrogen-bond donors (Lipinski definition) is 1. The molecule has 0 aliphatic heterocycles. The fourth-order valence-corrected chi connectivity index (χ4v) is 2.46. The molecule has 0 atom stereocenters. The van der Waals surface area contributed by atoms with Gasteiger partial charge in [-0.1, -0.05) is 0 Å². The number of hydrogen-bond acceptors (Lipinski definition) is 4. The minimum absolute atomic E-state index is 0.260. The standard InChI is InChI=1S/C17H15NO4/c1-9-6-16(19)22-15-8-12(4-5-13(9)15)18-17(20)14-7-10(2)21-11(14)3/h4-8H,1-3H3,(H,18,20). The highest BCUT2D eigenvalue weighted by molar-refractivity contribution is 6.05. The fourth-order valence-electron chi connectivity index (χ4n) is 2.46. The first kappa shape index (κ1) is 14.1. The van der Waals surface area contributed by atoms with Crippen molar-refractivity contribution in [3.63, 3.8) is 0 Å². The molecule has 0 unspecified atom stereocenters. The first-order valence-electron chi connectivity index (χ1n) is 6.87. The lowest BCUT2D eigenvalue weighted by Gasteiger charge is -2.06. The predicted octanol–water partition coefficient (Wildman–Crippen LogP) is 3.56. The van der Waals surface area contributed by atoms with Gasteiger partial charge in [-0.3, -0.25) is 4.79 Å². The number of carbonyl (C=O) groups excluding carboxylic acids is 1. The zero-order valence-corrected chi connectivity index (χ0v) is 12.5. The van der Waals surface area contributed by atoms with Crippen LogP contribution in [0, 0.1) is 20.8 Å². The van der Waals surface area contributed by atoms with E-state index in [1.807, 2.05) is 13.0 Å². The summed E-state index contributed by atoms with van der Waals surface area (Å²) in [4.78, 5) is 23.7. The molecule has 0 fully saturated rings. The van der Waals surface area contributed by atoms with Gasteiger partial charge in [0.25, 0.3) is 5.91 Å². The largest absolute Gasteiger partial charge is 0.466 e. The Morgan fingerprint density at radius 1 is 1.05 bits per heavy atom. The van der Waals surface area contributed by atoms with Gasteiger partial charge in [0.1, 0.15) is 17.1 Å². The lowest BCUT2D eigenvalue weighted by molar-refractivity contribution is 0.102. The van der Waals surface area contributed by atoms with Crippen LogP contribution >= 0.6 is 0 Å². The van der Waals surface area contributed by atoms with Crippen molar-refractivity contribution in [3.8, 4) is 0 Å². The third kappa shape index (κ3) is 2.53. The van der Waals surface area contributed by atoms with E-state index in [2.05, 4.69) is 5.32 Å². The average Bonchev–Trinajstić information content (AvgIpc) is 2.77. The monoisotopic (exact) mass is 297 g/mol. The molecule has 0 radical (unpaired) electrons. The SMILES string of the molecule is Cc1cc(C(=O)Nc2ccc3c(C)cc(=O)oc3c2)c(C)o1. The molecular weight excluding hydrogens is 282 g/mol. The van der Waals surface area contributed by atoms with Gasteiger partial charge < -0.3 is 14.2 Å². The highest BCUT2D eigenvalue weighted by Crippen LogP contribution is 2.22. The van der Waals surface area contributed by atoms with E-state index in [4.69, 9.17) is 8.83 Å². The molecule has 3 rings (SSSR count). The van der Waals surface area contributed by atoms with Gasteiger partial charge in [0.15, 0.2) is 0 Å². The summed E-state index contributed by atoms with van der Waals surface area (Å²) in [7, 11) is 0. The van der Waals surface area contributed by atoms with E-state index < -0.39 is 5.63 Å². The van der Waals surface area contributed by atoms with Crippen LogP contribution in [0.4, 0.5) is 5.69 Å². The van der Waals surface area contributed by atoms with Crippen molar-refractivity contribution in [2.24, 2.45) is 0 Å². The van der Waals surface area contributed by atoms with Crippen LogP contribution < -0.4 is 10.9 Å². The minimum atomic E-state index is -0.408. The lowest BCUT2D eigenvalue weighted by atomic mass is 10.1. The van der Waals surface area contributed by atoms with Crippen molar-refractivity contribution < 1.29 is 13.6 Å². The molecule has 0 saturated heterocycles. The molecule has 2 aromatic heterocycles. The topological polar surface area (TPSA) is 72.5 Å². The number of aryl methyl sites for hydroxylation is 3. The first-order valence-corrected chi connectivity index (χ1v) is 6.87. The number of nitrogens with one attached hydrogen (secondary N) is 1. The molecule has 2 heterocycles. The average molecular weight is 297 g/mol. The molecule has 0 spiro atoms. The van der Waals surface area contributed by atoms with Crippen LogP contribution in [-0.4, -0.2) is 5.91 Å². The van der Waals surface area contributed by atoms with Crippen molar-refractivity contribution in [3.05, 3.63) is 63.4 Å². The molecule has 0 aliphatic carbocycles. The second-order valence-electron chi connectivity index (χ2n) is 5.24. The van der Waals surface area contributed by atoms with Gasteiger partial charge in [0.05, 0.1) is 5.56 Å². The normalized spacial score (nSPS) is 10.9. The van der Waals surface area contributed by atoms with E-state index in [1.54, 1.807) is 32.0 Å². The van der Waals surface area contributed by atoms with Crippen LogP contribution in [0.5, 0.6) is 0 Å². The second kappa shape index (κ2) is 5.18. The highest BCUT2D eigenvalue weighted by Gasteiger charge is 2.14. The van der Waals surface area contributed by atoms with E-state index in [0.29, 0.717) is 28.4 Å². The Kier molecular flexibility index (Phi) is 3.33. The summed E-state index contributed by atoms with van der Waals surface area (Å²) in [5.41, 5.74) is 1.93. The highest BCUT2D eigenvalue weighted by atomic mass is 16.4. The zero-order valence-electron chi connectivity index (χ0n) is 12.5. The molecule has 112 valence electrons. The summed E-state index contributed by atoms with van der Waals surface area (Å²) in [6.45, 7) is 5.37. The first-order chi connectivity index (χ1) is 10.4. The Morgan fingerprint density at radius 2 is 1.82 bits per heavy atom. The van der Waals surface area contributed by atoms with Crippen molar-refractivity contribution in [1.29, 1.82) is 0 Å². The van der Waals surface area contributed by atoms with Gasteiger partial charge in [-0.05, 0) is 44.5 Å². The van der Waals surface area contributed by atoms with Crippen LogP contribution in [0.1, 0.15) is 27.4 Å². The predicted molar refractivity (Wildman–Crippen MR) is 83.4 cm³/mol. The van der Waals surface area contributed by atoms with E-state index >= 15 is 0 Å². The van der Waals surface area contributed by atoms with E-state index in [-0.39, 0.29) is 5.91 Å². The summed E-state index contributed by atoms with van der Waals surface area (Å²) in [6.07, 6.45) is 0. The maximum Gasteiger partial charge on any atom is 0.336 e. The Labute approximate surface area is 126 Å². The Hall–Kier alpha value is -2.82. The summed E-state index contributed by atoms with van der Waals surface area (Å²) < 4.78 is 10.5. The zero-order chi connectivity index (χ0) is 15.9. The Bertz CT molecular complexity index is 933. The molecule has 3 aromatic rings. The van der Waals surface area contributed by atoms with Gasteiger partial charge >= 0.3 is 5.63 Å². The summed E-state index contributed by atoms with van der Waals surface area (Å²) in [6, 6.07) is 8.37. The Balaban J connectivity index is 1.96. The minimum Gasteiger partial charge on any atom is -0.466 e. The lowest BCUT2D eigenvalue weighted by Crippen LogP contribution is -2.12. The van der Waals surface area contributed by atoms with E-state index in [9.17, 15) is 9.59 Å². The van der Waals surface area contributed by atoms with Crippen molar-refractivity contribution >= 4 is 22.6 Å². The number of amides is 1. The molecule has 0 saturated carbocycles. The second-order valence-corrected chi connectivity index (χ2v) is 5.24. The number of benzene rings is 1. The van der Waals surface area contributed by atoms with Gasteiger partial charge in [-0.2, -0.15) is 0 Å². The van der Waals surface area contributed by atoms with Crippen molar-refractivity contribution in [2.75, 3.05) is 5.32 Å². The Morgan fingerprint density at radius 3 is 2.50 bits per heavy atom. The van der Waals surface area contributed by atoms with Crippen LogP contribution in [0.2, 0.25) is 0 Å². The molecule has 1 amide bonds. The molecule has 0 aliphatic rings. The van der Waals surface area contributed by atoms with Gasteiger partial charge in [0, 0.05) is 23.2 Å². The van der Waals surface area contributed by atoms with Crippen LogP contribution in [-0.2, 0) is 0 Å². The number of furan rings is 1. The van der Waals surface area contributed by atoms with Crippen LogP contribution in [0.15, 0.2) is 44.0 Å². The number of carbonyl (C=O) groups is 1. The third-order valence-corrected chi connectivity index (χ3v) is 3.49. The molecule has 1 N–H and O–H groups in total. The smallest absolute Gasteiger partial charge is 0.336 e. The van der Waals surface area contributed by atoms with Gasteiger partial charge in [0.2, 0.25) is 0 Å². The third-order valence-electron chi connectivity index (χ3n) is 3.49. The molecule has 0 bridgehead atoms. The van der Waals surface area contributed by atoms with Crippen molar-refractivity contribution in [1.82, 2.24) is 0 Å². The van der Waals surface area contributed by atoms with Gasteiger partial charge in [-0.25, -0.2) is 4.79 Å². The maximum absolute atomic E-state index is 12.3. The van der Waals surface area contributed by atoms with Crippen LogP contribution in [0.3, 0.4) is 0 Å². The quantitative estimate of drug-likeness (QED) is 0.734. The summed E-state index contributed by atoms with van der Waals surface area (Å²) in [5.74, 6) is 0.990. The summed E-state index contributed by atoms with van der Waals surface area (Å²) >= 11 is 0. The van der Waals surface area contributed by atoms with E-state index in [0.717, 1.165) is 10.9 Å². The number of anilines is 1. The molecular formula is C17H15NO4. The molecule has 5 nitrogen and oxygen atoms in total. The fraction of sp³-hybridized carbons (Fsp3) is 0.176. The molecule has 1 aromatic carbocycles. The maximum atomic E-state index is 12.3. The summed E-state index contributed by atoms with van der Waals surface area (Å²) in [5, 5.41) is 3.62. The van der Waals surface area contributed by atoms with Crippen molar-refractivity contribution in [2.45, 2.75) is 20.8 Å². The van der Waals surface area contributed by atoms with Gasteiger partial charge in [-0.15, -0.1) is 0 Å². The molecule has 22 heavy (non-hydrogen) atoms. The van der Waals surface area contributed by atoms with E-state index in [1.165, 1.54) is 6.07 Å². The molecule has 5 heteroatoms. The number of rotatable bonds is 2.